The third kappa shape index (κ3) is 1.43. The zero-order valence-corrected chi connectivity index (χ0v) is 8.52. The molecule has 1 saturated carbocycles. The SMILES string of the molecule is OCC1(c2cc(Cl)ccc2F)CCC1. The van der Waals surface area contributed by atoms with Crippen molar-refractivity contribution in [2.24, 2.45) is 0 Å². The van der Waals surface area contributed by atoms with E-state index in [1.165, 1.54) is 12.1 Å². The van der Waals surface area contributed by atoms with Crippen LogP contribution in [-0.4, -0.2) is 11.7 Å². The standard InChI is InChI=1S/C11H12ClFO/c12-8-2-3-10(13)9(6-8)11(7-14)4-1-5-11/h2-3,6,14H,1,4-5,7H2. The van der Waals surface area contributed by atoms with Crippen molar-refractivity contribution < 1.29 is 9.50 Å². The van der Waals surface area contributed by atoms with Gasteiger partial charge in [0.05, 0.1) is 6.61 Å². The molecular formula is C11H12ClFO. The van der Waals surface area contributed by atoms with E-state index in [1.807, 2.05) is 0 Å². The summed E-state index contributed by atoms with van der Waals surface area (Å²) < 4.78 is 13.5. The summed E-state index contributed by atoms with van der Waals surface area (Å²) in [6.45, 7) is 0.00423. The van der Waals surface area contributed by atoms with E-state index < -0.39 is 0 Å². The van der Waals surface area contributed by atoms with Gasteiger partial charge >= 0.3 is 0 Å². The molecule has 0 heterocycles. The summed E-state index contributed by atoms with van der Waals surface area (Å²) in [6.07, 6.45) is 2.74. The van der Waals surface area contributed by atoms with E-state index in [4.69, 9.17) is 11.6 Å². The third-order valence-corrected chi connectivity index (χ3v) is 3.35. The van der Waals surface area contributed by atoms with Crippen LogP contribution < -0.4 is 0 Å². The molecule has 0 saturated heterocycles. The Bertz CT molecular complexity index is 342. The van der Waals surface area contributed by atoms with E-state index in [0.29, 0.717) is 10.6 Å². The second-order valence-corrected chi connectivity index (χ2v) is 4.35. The number of hydrogen-bond donors (Lipinski definition) is 1. The highest BCUT2D eigenvalue weighted by atomic mass is 35.5. The number of aliphatic hydroxyl groups excluding tert-OH is 1. The van der Waals surface area contributed by atoms with Gasteiger partial charge in [0, 0.05) is 10.4 Å². The Kier molecular flexibility index (Phi) is 2.50. The predicted molar refractivity (Wildman–Crippen MR) is 54.0 cm³/mol. The molecule has 1 N–H and O–H groups in total. The van der Waals surface area contributed by atoms with Crippen molar-refractivity contribution in [1.29, 1.82) is 0 Å². The molecule has 0 spiro atoms. The van der Waals surface area contributed by atoms with E-state index in [9.17, 15) is 9.50 Å². The molecule has 3 heteroatoms. The Morgan fingerprint density at radius 1 is 1.43 bits per heavy atom. The molecule has 1 aliphatic rings. The van der Waals surface area contributed by atoms with Crippen LogP contribution >= 0.6 is 11.6 Å². The van der Waals surface area contributed by atoms with Gasteiger partial charge in [0.15, 0.2) is 0 Å². The van der Waals surface area contributed by atoms with Gasteiger partial charge in [-0.2, -0.15) is 0 Å². The second-order valence-electron chi connectivity index (χ2n) is 3.92. The summed E-state index contributed by atoms with van der Waals surface area (Å²) in [4.78, 5) is 0. The van der Waals surface area contributed by atoms with Crippen LogP contribution in [0.5, 0.6) is 0 Å². The highest BCUT2D eigenvalue weighted by Crippen LogP contribution is 2.44. The number of halogens is 2. The van der Waals surface area contributed by atoms with Gasteiger partial charge in [0.2, 0.25) is 0 Å². The fraction of sp³-hybridized carbons (Fsp3) is 0.455. The smallest absolute Gasteiger partial charge is 0.127 e. The number of aliphatic hydroxyl groups is 1. The lowest BCUT2D eigenvalue weighted by atomic mass is 9.65. The first-order valence-corrected chi connectivity index (χ1v) is 5.12. The van der Waals surface area contributed by atoms with Gasteiger partial charge in [-0.1, -0.05) is 18.0 Å². The van der Waals surface area contributed by atoms with Crippen LogP contribution in [0.3, 0.4) is 0 Å². The summed E-state index contributed by atoms with van der Waals surface area (Å²) in [5.74, 6) is -0.261. The van der Waals surface area contributed by atoms with Gasteiger partial charge < -0.3 is 5.11 Å². The normalized spacial score (nSPS) is 19.1. The molecule has 0 aromatic heterocycles. The molecule has 0 unspecified atom stereocenters. The van der Waals surface area contributed by atoms with Crippen LogP contribution in [0, 0.1) is 5.82 Å². The molecule has 0 bridgehead atoms. The van der Waals surface area contributed by atoms with Crippen molar-refractivity contribution in [2.75, 3.05) is 6.61 Å². The van der Waals surface area contributed by atoms with Gasteiger partial charge in [-0.05, 0) is 36.6 Å². The zero-order valence-electron chi connectivity index (χ0n) is 7.76. The minimum absolute atomic E-state index is 0.00423. The van der Waals surface area contributed by atoms with Gasteiger partial charge in [-0.25, -0.2) is 4.39 Å². The Hall–Kier alpha value is -0.600. The topological polar surface area (TPSA) is 20.2 Å². The average molecular weight is 215 g/mol. The number of benzene rings is 1. The van der Waals surface area contributed by atoms with Crippen molar-refractivity contribution in [3.8, 4) is 0 Å². The monoisotopic (exact) mass is 214 g/mol. The molecule has 0 amide bonds. The quantitative estimate of drug-likeness (QED) is 0.803. The first kappa shape index (κ1) is 9.94. The van der Waals surface area contributed by atoms with Gasteiger partial charge in [-0.3, -0.25) is 0 Å². The Morgan fingerprint density at radius 2 is 2.14 bits per heavy atom. The van der Waals surface area contributed by atoms with E-state index in [-0.39, 0.29) is 17.8 Å². The molecule has 76 valence electrons. The van der Waals surface area contributed by atoms with E-state index >= 15 is 0 Å². The molecule has 0 radical (unpaired) electrons. The van der Waals surface area contributed by atoms with Crippen LogP contribution in [0.2, 0.25) is 5.02 Å². The van der Waals surface area contributed by atoms with Crippen molar-refractivity contribution >= 4 is 11.6 Å². The minimum atomic E-state index is -0.366. The maximum absolute atomic E-state index is 13.5. The average Bonchev–Trinajstić information content (AvgIpc) is 2.10. The first-order valence-electron chi connectivity index (χ1n) is 4.74. The maximum atomic E-state index is 13.5. The lowest BCUT2D eigenvalue weighted by Gasteiger charge is -2.41. The summed E-state index contributed by atoms with van der Waals surface area (Å²) in [7, 11) is 0. The Morgan fingerprint density at radius 3 is 2.64 bits per heavy atom. The van der Waals surface area contributed by atoms with E-state index in [0.717, 1.165) is 19.3 Å². The first-order chi connectivity index (χ1) is 6.68. The molecule has 1 aliphatic carbocycles. The lowest BCUT2D eigenvalue weighted by Crippen LogP contribution is -2.38. The molecule has 0 aliphatic heterocycles. The lowest BCUT2D eigenvalue weighted by molar-refractivity contribution is 0.116. The molecule has 14 heavy (non-hydrogen) atoms. The van der Waals surface area contributed by atoms with Crippen LogP contribution in [-0.2, 0) is 5.41 Å². The minimum Gasteiger partial charge on any atom is -0.395 e. The van der Waals surface area contributed by atoms with E-state index in [1.54, 1.807) is 6.07 Å². The molecule has 1 aromatic carbocycles. The van der Waals surface area contributed by atoms with Crippen LogP contribution in [0.4, 0.5) is 4.39 Å². The molecule has 1 aromatic rings. The summed E-state index contributed by atoms with van der Waals surface area (Å²) in [6, 6.07) is 4.53. The van der Waals surface area contributed by atoms with Crippen molar-refractivity contribution in [3.63, 3.8) is 0 Å². The van der Waals surface area contributed by atoms with Crippen LogP contribution in [0.1, 0.15) is 24.8 Å². The number of hydrogen-bond acceptors (Lipinski definition) is 1. The summed E-state index contributed by atoms with van der Waals surface area (Å²) in [5.41, 5.74) is 0.202. The molecular weight excluding hydrogens is 203 g/mol. The van der Waals surface area contributed by atoms with Crippen molar-refractivity contribution in [2.45, 2.75) is 24.7 Å². The fourth-order valence-electron chi connectivity index (χ4n) is 2.02. The largest absolute Gasteiger partial charge is 0.395 e. The van der Waals surface area contributed by atoms with Crippen LogP contribution in [0.25, 0.3) is 0 Å². The predicted octanol–water partition coefficient (Wildman–Crippen LogP) is 2.89. The highest BCUT2D eigenvalue weighted by Gasteiger charge is 2.40. The second kappa shape index (κ2) is 3.52. The molecule has 1 fully saturated rings. The highest BCUT2D eigenvalue weighted by molar-refractivity contribution is 6.30. The van der Waals surface area contributed by atoms with Gasteiger partial charge in [0.1, 0.15) is 5.82 Å². The number of rotatable bonds is 2. The van der Waals surface area contributed by atoms with Crippen molar-refractivity contribution in [1.82, 2.24) is 0 Å². The third-order valence-electron chi connectivity index (χ3n) is 3.11. The molecule has 0 atom stereocenters. The zero-order chi connectivity index (χ0) is 10.2. The van der Waals surface area contributed by atoms with Crippen molar-refractivity contribution in [3.05, 3.63) is 34.6 Å². The summed E-state index contributed by atoms with van der Waals surface area (Å²) in [5, 5.41) is 9.82. The Balaban J connectivity index is 2.43. The Labute approximate surface area is 87.5 Å². The molecule has 1 nitrogen and oxygen atoms in total. The summed E-state index contributed by atoms with van der Waals surface area (Å²) >= 11 is 5.81. The van der Waals surface area contributed by atoms with Gasteiger partial charge in [0.25, 0.3) is 0 Å². The fourth-order valence-corrected chi connectivity index (χ4v) is 2.19. The molecule has 2 rings (SSSR count). The van der Waals surface area contributed by atoms with Gasteiger partial charge in [-0.15, -0.1) is 0 Å². The van der Waals surface area contributed by atoms with Crippen LogP contribution in [0.15, 0.2) is 18.2 Å². The van der Waals surface area contributed by atoms with E-state index in [2.05, 4.69) is 0 Å². The maximum Gasteiger partial charge on any atom is 0.127 e.